The molecule has 1 unspecified atom stereocenters. The molecule has 0 aliphatic rings. The van der Waals surface area contributed by atoms with Crippen molar-refractivity contribution >= 4 is 12.0 Å². The summed E-state index contributed by atoms with van der Waals surface area (Å²) in [6.07, 6.45) is 3.83. The van der Waals surface area contributed by atoms with E-state index < -0.39 is 6.09 Å². The van der Waals surface area contributed by atoms with Gasteiger partial charge in [-0.25, -0.2) is 4.79 Å². The summed E-state index contributed by atoms with van der Waals surface area (Å²) in [5, 5.41) is 5.55. The Hall–Kier alpha value is -2.89. The zero-order chi connectivity index (χ0) is 17.9. The van der Waals surface area contributed by atoms with Gasteiger partial charge in [0.1, 0.15) is 6.61 Å². The summed E-state index contributed by atoms with van der Waals surface area (Å²) in [6.45, 7) is 2.53. The number of carbonyl (C=O) groups excluding carboxylic acids is 2. The average Bonchev–Trinajstić information content (AvgIpc) is 2.65. The van der Waals surface area contributed by atoms with E-state index in [-0.39, 0.29) is 18.6 Å². The zero-order valence-corrected chi connectivity index (χ0v) is 14.3. The number of benzene rings is 1. The van der Waals surface area contributed by atoms with Gasteiger partial charge in [-0.15, -0.1) is 0 Å². The molecule has 1 atom stereocenters. The lowest BCUT2D eigenvalue weighted by molar-refractivity contribution is -0.121. The molecule has 1 aromatic carbocycles. The molecule has 1 heterocycles. The highest BCUT2D eigenvalue weighted by Gasteiger charge is 2.09. The van der Waals surface area contributed by atoms with E-state index in [1.807, 2.05) is 49.4 Å². The van der Waals surface area contributed by atoms with Crippen molar-refractivity contribution in [3.8, 4) is 0 Å². The maximum atomic E-state index is 11.9. The Kier molecular flexibility index (Phi) is 7.43. The molecule has 0 aliphatic carbocycles. The number of carbonyl (C=O) groups is 2. The molecule has 132 valence electrons. The van der Waals surface area contributed by atoms with Gasteiger partial charge >= 0.3 is 6.09 Å². The van der Waals surface area contributed by atoms with Gasteiger partial charge in [0.05, 0.1) is 6.04 Å². The fourth-order valence-corrected chi connectivity index (χ4v) is 2.24. The van der Waals surface area contributed by atoms with E-state index in [0.717, 1.165) is 11.1 Å². The lowest BCUT2D eigenvalue weighted by Gasteiger charge is -2.13. The van der Waals surface area contributed by atoms with E-state index in [1.165, 1.54) is 0 Å². The summed E-state index contributed by atoms with van der Waals surface area (Å²) in [5.41, 5.74) is 1.89. The number of rotatable bonds is 8. The molecule has 0 saturated carbocycles. The fourth-order valence-electron chi connectivity index (χ4n) is 2.24. The average molecular weight is 341 g/mol. The van der Waals surface area contributed by atoms with Crippen molar-refractivity contribution in [1.29, 1.82) is 0 Å². The molecule has 0 saturated heterocycles. The van der Waals surface area contributed by atoms with Crippen LogP contribution in [0.1, 0.15) is 36.9 Å². The number of aromatic nitrogens is 1. The van der Waals surface area contributed by atoms with Gasteiger partial charge in [-0.05, 0) is 30.5 Å². The van der Waals surface area contributed by atoms with Gasteiger partial charge < -0.3 is 15.4 Å². The van der Waals surface area contributed by atoms with Crippen molar-refractivity contribution in [2.24, 2.45) is 0 Å². The van der Waals surface area contributed by atoms with E-state index in [2.05, 4.69) is 15.6 Å². The molecule has 2 rings (SSSR count). The molecule has 0 fully saturated rings. The summed E-state index contributed by atoms with van der Waals surface area (Å²) in [6, 6.07) is 13.1. The number of pyridine rings is 1. The van der Waals surface area contributed by atoms with E-state index in [0.29, 0.717) is 19.4 Å². The first-order chi connectivity index (χ1) is 12.1. The Balaban J connectivity index is 1.57. The van der Waals surface area contributed by atoms with Gasteiger partial charge in [0.25, 0.3) is 0 Å². The van der Waals surface area contributed by atoms with Crippen molar-refractivity contribution in [2.45, 2.75) is 32.4 Å². The normalized spacial score (nSPS) is 11.4. The Morgan fingerprint density at radius 3 is 2.68 bits per heavy atom. The van der Waals surface area contributed by atoms with Crippen LogP contribution in [0.25, 0.3) is 0 Å². The molecular formula is C19H23N3O3. The van der Waals surface area contributed by atoms with Gasteiger partial charge in [0.2, 0.25) is 5.91 Å². The second-order valence-electron chi connectivity index (χ2n) is 5.67. The zero-order valence-electron chi connectivity index (χ0n) is 14.3. The molecule has 0 spiro atoms. The first-order valence-electron chi connectivity index (χ1n) is 8.29. The third-order valence-corrected chi connectivity index (χ3v) is 3.62. The molecule has 6 nitrogen and oxygen atoms in total. The van der Waals surface area contributed by atoms with Crippen molar-refractivity contribution in [3.05, 3.63) is 66.0 Å². The van der Waals surface area contributed by atoms with Crippen LogP contribution in [0.15, 0.2) is 54.9 Å². The second kappa shape index (κ2) is 10.1. The van der Waals surface area contributed by atoms with Crippen molar-refractivity contribution < 1.29 is 14.3 Å². The summed E-state index contributed by atoms with van der Waals surface area (Å²) in [4.78, 5) is 27.5. The van der Waals surface area contributed by atoms with Crippen molar-refractivity contribution in [3.63, 3.8) is 0 Å². The second-order valence-corrected chi connectivity index (χ2v) is 5.67. The van der Waals surface area contributed by atoms with Crippen LogP contribution in [-0.2, 0) is 16.1 Å². The first kappa shape index (κ1) is 18.4. The molecule has 6 heteroatoms. The number of nitrogens with one attached hydrogen (secondary N) is 2. The van der Waals surface area contributed by atoms with E-state index in [9.17, 15) is 9.59 Å². The predicted octanol–water partition coefficient (Wildman–Crippen LogP) is 2.97. The van der Waals surface area contributed by atoms with Gasteiger partial charge in [-0.1, -0.05) is 36.4 Å². The van der Waals surface area contributed by atoms with E-state index >= 15 is 0 Å². The van der Waals surface area contributed by atoms with Crippen molar-refractivity contribution in [1.82, 2.24) is 15.6 Å². The maximum Gasteiger partial charge on any atom is 0.407 e. The van der Waals surface area contributed by atoms with Crippen LogP contribution in [0.5, 0.6) is 0 Å². The van der Waals surface area contributed by atoms with Gasteiger partial charge in [-0.2, -0.15) is 0 Å². The molecule has 0 aliphatic heterocycles. The van der Waals surface area contributed by atoms with Crippen LogP contribution in [0, 0.1) is 0 Å². The molecule has 2 N–H and O–H groups in total. The lowest BCUT2D eigenvalue weighted by Crippen LogP contribution is -2.29. The maximum absolute atomic E-state index is 11.9. The quantitative estimate of drug-likeness (QED) is 0.724. The SMILES string of the molecule is CC(NC(=O)CCCNC(=O)OCc1ccccc1)c1cccnc1. The van der Waals surface area contributed by atoms with Crippen LogP contribution >= 0.6 is 0 Å². The van der Waals surface area contributed by atoms with Crippen LogP contribution in [0.2, 0.25) is 0 Å². The van der Waals surface area contributed by atoms with E-state index in [4.69, 9.17) is 4.74 Å². The minimum absolute atomic E-state index is 0.0594. The molecule has 25 heavy (non-hydrogen) atoms. The topological polar surface area (TPSA) is 80.3 Å². The Morgan fingerprint density at radius 2 is 1.96 bits per heavy atom. The number of amides is 2. The third-order valence-electron chi connectivity index (χ3n) is 3.62. The van der Waals surface area contributed by atoms with Gasteiger partial charge in [0.15, 0.2) is 0 Å². The molecule has 1 aromatic heterocycles. The highest BCUT2D eigenvalue weighted by molar-refractivity contribution is 5.76. The van der Waals surface area contributed by atoms with Crippen molar-refractivity contribution in [2.75, 3.05) is 6.54 Å². The fraction of sp³-hybridized carbons (Fsp3) is 0.316. The minimum Gasteiger partial charge on any atom is -0.445 e. The number of nitrogens with zero attached hydrogens (tertiary/aromatic N) is 1. The lowest BCUT2D eigenvalue weighted by atomic mass is 10.1. The smallest absolute Gasteiger partial charge is 0.407 e. The molecule has 2 amide bonds. The van der Waals surface area contributed by atoms with Crippen LogP contribution in [-0.4, -0.2) is 23.5 Å². The number of hydrogen-bond acceptors (Lipinski definition) is 4. The highest BCUT2D eigenvalue weighted by atomic mass is 16.5. The number of ether oxygens (including phenoxy) is 1. The standard InChI is InChI=1S/C19H23N3O3/c1-15(17-9-5-11-20-13-17)22-18(23)10-6-12-21-19(24)25-14-16-7-3-2-4-8-16/h2-5,7-9,11,13,15H,6,10,12,14H2,1H3,(H,21,24)(H,22,23). The van der Waals surface area contributed by atoms with E-state index in [1.54, 1.807) is 12.4 Å². The molecular weight excluding hydrogens is 318 g/mol. The highest BCUT2D eigenvalue weighted by Crippen LogP contribution is 2.10. The summed E-state index contributed by atoms with van der Waals surface area (Å²) in [7, 11) is 0. The van der Waals surface area contributed by atoms with Crippen LogP contribution in [0.3, 0.4) is 0 Å². The number of hydrogen-bond donors (Lipinski definition) is 2. The minimum atomic E-state index is -0.479. The first-order valence-corrected chi connectivity index (χ1v) is 8.29. The summed E-state index contributed by atoms with van der Waals surface area (Å²) < 4.78 is 5.10. The van der Waals surface area contributed by atoms with Crippen LogP contribution in [0.4, 0.5) is 4.79 Å². The summed E-state index contributed by atoms with van der Waals surface area (Å²) in [5.74, 6) is -0.0594. The van der Waals surface area contributed by atoms with Gasteiger partial charge in [0, 0.05) is 25.4 Å². The Morgan fingerprint density at radius 1 is 1.16 bits per heavy atom. The van der Waals surface area contributed by atoms with Gasteiger partial charge in [-0.3, -0.25) is 9.78 Å². The summed E-state index contributed by atoms with van der Waals surface area (Å²) >= 11 is 0. The number of alkyl carbamates (subject to hydrolysis) is 1. The molecule has 0 radical (unpaired) electrons. The molecule has 0 bridgehead atoms. The Labute approximate surface area is 147 Å². The Bertz CT molecular complexity index is 662. The third kappa shape index (κ3) is 7.03. The molecule has 2 aromatic rings. The monoisotopic (exact) mass is 341 g/mol. The largest absolute Gasteiger partial charge is 0.445 e. The predicted molar refractivity (Wildman–Crippen MR) is 94.7 cm³/mol. The van der Waals surface area contributed by atoms with Crippen LogP contribution < -0.4 is 10.6 Å².